The highest BCUT2D eigenvalue weighted by Crippen LogP contribution is 2.25. The minimum atomic E-state index is -0.607. The Morgan fingerprint density at radius 1 is 1.56 bits per heavy atom. The molecule has 0 saturated carbocycles. The number of amides is 1. The highest BCUT2D eigenvalue weighted by Gasteiger charge is 2.12. The number of carbonyl (C=O) groups is 2. The maximum atomic E-state index is 11.3. The number of thioether (sulfide) groups is 1. The normalized spacial score (nSPS) is 11.9. The second-order valence-electron chi connectivity index (χ2n) is 3.24. The second kappa shape index (κ2) is 7.29. The van der Waals surface area contributed by atoms with Crippen LogP contribution >= 0.6 is 23.1 Å². The Hall–Kier alpha value is -1.19. The Morgan fingerprint density at radius 2 is 2.28 bits per heavy atom. The second-order valence-corrected chi connectivity index (χ2v) is 5.44. The summed E-state index contributed by atoms with van der Waals surface area (Å²) in [5.41, 5.74) is 5.40. The van der Waals surface area contributed by atoms with Gasteiger partial charge in [-0.25, -0.2) is 0 Å². The van der Waals surface area contributed by atoms with Crippen molar-refractivity contribution in [1.29, 1.82) is 0 Å². The van der Waals surface area contributed by atoms with Crippen LogP contribution < -0.4 is 11.1 Å². The third-order valence-corrected chi connectivity index (χ3v) is 3.61. The molecule has 1 aromatic heterocycles. The molecule has 0 aliphatic heterocycles. The first-order valence-corrected chi connectivity index (χ1v) is 7.01. The number of hydrogen-bond donors (Lipinski definition) is 2. The SMILES string of the molecule is CCOC(=O)CSc1nnc(NC(=O)C(C)N)s1. The van der Waals surface area contributed by atoms with E-state index in [1.165, 1.54) is 23.1 Å². The maximum Gasteiger partial charge on any atom is 0.316 e. The molecule has 9 heteroatoms. The zero-order valence-corrected chi connectivity index (χ0v) is 11.6. The van der Waals surface area contributed by atoms with E-state index in [4.69, 9.17) is 10.5 Å². The lowest BCUT2D eigenvalue weighted by molar-refractivity contribution is -0.139. The molecule has 3 N–H and O–H groups in total. The van der Waals surface area contributed by atoms with Crippen LogP contribution in [0.4, 0.5) is 5.13 Å². The molecule has 1 heterocycles. The molecule has 7 nitrogen and oxygen atoms in total. The topological polar surface area (TPSA) is 107 Å². The van der Waals surface area contributed by atoms with Crippen molar-refractivity contribution in [2.45, 2.75) is 24.2 Å². The highest BCUT2D eigenvalue weighted by molar-refractivity contribution is 8.01. The molecule has 1 amide bonds. The van der Waals surface area contributed by atoms with E-state index in [2.05, 4.69) is 15.5 Å². The van der Waals surface area contributed by atoms with Gasteiger partial charge in [0.05, 0.1) is 18.4 Å². The van der Waals surface area contributed by atoms with E-state index < -0.39 is 6.04 Å². The van der Waals surface area contributed by atoms with Gasteiger partial charge in [-0.05, 0) is 13.8 Å². The van der Waals surface area contributed by atoms with Gasteiger partial charge in [-0.15, -0.1) is 10.2 Å². The summed E-state index contributed by atoms with van der Waals surface area (Å²) in [5, 5.41) is 10.5. The third-order valence-electron chi connectivity index (χ3n) is 1.67. The molecule has 0 bridgehead atoms. The van der Waals surface area contributed by atoms with Gasteiger partial charge < -0.3 is 10.5 Å². The lowest BCUT2D eigenvalue weighted by atomic mass is 10.3. The molecule has 0 spiro atoms. The van der Waals surface area contributed by atoms with Gasteiger partial charge in [0.1, 0.15) is 0 Å². The van der Waals surface area contributed by atoms with Crippen molar-refractivity contribution >= 4 is 40.1 Å². The predicted octanol–water partition coefficient (Wildman–Crippen LogP) is 0.479. The molecule has 0 aliphatic carbocycles. The number of hydrogen-bond acceptors (Lipinski definition) is 8. The fourth-order valence-corrected chi connectivity index (χ4v) is 2.41. The number of rotatable bonds is 6. The minimum absolute atomic E-state index is 0.170. The molecule has 1 atom stereocenters. The lowest BCUT2D eigenvalue weighted by Gasteiger charge is -2.02. The fourth-order valence-electron chi connectivity index (χ4n) is 0.861. The molecular weight excluding hydrogens is 276 g/mol. The number of nitrogens with one attached hydrogen (secondary N) is 1. The molecule has 100 valence electrons. The highest BCUT2D eigenvalue weighted by atomic mass is 32.2. The average Bonchev–Trinajstić information content (AvgIpc) is 2.74. The van der Waals surface area contributed by atoms with Gasteiger partial charge in [0.15, 0.2) is 4.34 Å². The smallest absolute Gasteiger partial charge is 0.316 e. The van der Waals surface area contributed by atoms with Crippen LogP contribution in [0.2, 0.25) is 0 Å². The summed E-state index contributed by atoms with van der Waals surface area (Å²) in [6, 6.07) is -0.607. The van der Waals surface area contributed by atoms with Gasteiger partial charge in [-0.2, -0.15) is 0 Å². The summed E-state index contributed by atoms with van der Waals surface area (Å²) in [7, 11) is 0. The summed E-state index contributed by atoms with van der Waals surface area (Å²) < 4.78 is 5.36. The van der Waals surface area contributed by atoms with E-state index in [0.29, 0.717) is 16.1 Å². The zero-order chi connectivity index (χ0) is 13.5. The van der Waals surface area contributed by atoms with Crippen molar-refractivity contribution in [2.24, 2.45) is 5.73 Å². The maximum absolute atomic E-state index is 11.3. The van der Waals surface area contributed by atoms with Crippen LogP contribution in [0.15, 0.2) is 4.34 Å². The van der Waals surface area contributed by atoms with E-state index in [1.54, 1.807) is 13.8 Å². The van der Waals surface area contributed by atoms with Crippen LogP contribution in [-0.4, -0.2) is 40.5 Å². The Labute approximate surface area is 112 Å². The van der Waals surface area contributed by atoms with Gasteiger partial charge in [-0.3, -0.25) is 14.9 Å². The first-order chi connectivity index (χ1) is 8.52. The molecule has 1 unspecified atom stereocenters. The summed E-state index contributed by atoms with van der Waals surface area (Å²) in [5.74, 6) is -0.462. The monoisotopic (exact) mass is 290 g/mol. The zero-order valence-electron chi connectivity index (χ0n) is 10.0. The summed E-state index contributed by atoms with van der Waals surface area (Å²) in [4.78, 5) is 22.4. The summed E-state index contributed by atoms with van der Waals surface area (Å²) in [6.07, 6.45) is 0. The summed E-state index contributed by atoms with van der Waals surface area (Å²) >= 11 is 2.40. The van der Waals surface area contributed by atoms with Gasteiger partial charge >= 0.3 is 5.97 Å². The predicted molar refractivity (Wildman–Crippen MR) is 69.5 cm³/mol. The molecule has 0 aliphatic rings. The van der Waals surface area contributed by atoms with Crippen LogP contribution in [0.5, 0.6) is 0 Å². The molecule has 0 saturated heterocycles. The Kier molecular flexibility index (Phi) is 6.02. The quantitative estimate of drug-likeness (QED) is 0.445. The molecule has 18 heavy (non-hydrogen) atoms. The number of ether oxygens (including phenoxy) is 1. The number of nitrogens with two attached hydrogens (primary N) is 1. The van der Waals surface area contributed by atoms with Gasteiger partial charge in [-0.1, -0.05) is 23.1 Å². The van der Waals surface area contributed by atoms with E-state index in [1.807, 2.05) is 0 Å². The number of anilines is 1. The fraction of sp³-hybridized carbons (Fsp3) is 0.556. The molecule has 0 aromatic carbocycles. The van der Waals surface area contributed by atoms with Crippen molar-refractivity contribution in [1.82, 2.24) is 10.2 Å². The minimum Gasteiger partial charge on any atom is -0.465 e. The molecular formula is C9H14N4O3S2. The number of aromatic nitrogens is 2. The van der Waals surface area contributed by atoms with Crippen LogP contribution in [0.1, 0.15) is 13.8 Å². The Morgan fingerprint density at radius 3 is 2.89 bits per heavy atom. The number of esters is 1. The number of carbonyl (C=O) groups excluding carboxylic acids is 2. The van der Waals surface area contributed by atoms with Crippen molar-refractivity contribution < 1.29 is 14.3 Å². The number of nitrogens with zero attached hydrogens (tertiary/aromatic N) is 2. The van der Waals surface area contributed by atoms with E-state index >= 15 is 0 Å². The van der Waals surface area contributed by atoms with Gasteiger partial charge in [0.25, 0.3) is 0 Å². The lowest BCUT2D eigenvalue weighted by Crippen LogP contribution is -2.32. The van der Waals surface area contributed by atoms with Crippen LogP contribution in [-0.2, 0) is 14.3 Å². The van der Waals surface area contributed by atoms with Crippen molar-refractivity contribution in [2.75, 3.05) is 17.7 Å². The molecule has 1 rings (SSSR count). The van der Waals surface area contributed by atoms with Crippen LogP contribution in [0.3, 0.4) is 0 Å². The first-order valence-electron chi connectivity index (χ1n) is 5.21. The van der Waals surface area contributed by atoms with Crippen molar-refractivity contribution in [3.05, 3.63) is 0 Å². The first kappa shape index (κ1) is 14.9. The molecule has 0 fully saturated rings. The van der Waals surface area contributed by atoms with Crippen molar-refractivity contribution in [3.63, 3.8) is 0 Å². The van der Waals surface area contributed by atoms with Crippen LogP contribution in [0.25, 0.3) is 0 Å². The van der Waals surface area contributed by atoms with Crippen molar-refractivity contribution in [3.8, 4) is 0 Å². The standard InChI is InChI=1S/C9H14N4O3S2/c1-3-16-6(14)4-17-9-13-12-8(18-9)11-7(15)5(2)10/h5H,3-4,10H2,1-2H3,(H,11,12,15). The molecule has 0 radical (unpaired) electrons. The summed E-state index contributed by atoms with van der Waals surface area (Å²) in [6.45, 7) is 3.67. The third kappa shape index (κ3) is 4.98. The van der Waals surface area contributed by atoms with Gasteiger partial charge in [0.2, 0.25) is 11.0 Å². The molecule has 1 aromatic rings. The largest absolute Gasteiger partial charge is 0.465 e. The van der Waals surface area contributed by atoms with E-state index in [0.717, 1.165) is 0 Å². The van der Waals surface area contributed by atoms with Crippen LogP contribution in [0, 0.1) is 0 Å². The Balaban J connectivity index is 2.43. The van der Waals surface area contributed by atoms with Gasteiger partial charge in [0, 0.05) is 0 Å². The Bertz CT molecular complexity index is 422. The van der Waals surface area contributed by atoms with E-state index in [-0.39, 0.29) is 17.6 Å². The van der Waals surface area contributed by atoms with E-state index in [9.17, 15) is 9.59 Å². The average molecular weight is 290 g/mol.